The zero-order chi connectivity index (χ0) is 23.1. The van der Waals surface area contributed by atoms with Crippen molar-refractivity contribution in [1.82, 2.24) is 24.8 Å². The number of aryl methyl sites for hydroxylation is 1. The zero-order valence-corrected chi connectivity index (χ0v) is 19.4. The quantitative estimate of drug-likeness (QED) is 0.561. The third kappa shape index (κ3) is 4.44. The minimum absolute atomic E-state index is 0.179. The van der Waals surface area contributed by atoms with E-state index in [1.807, 2.05) is 13.8 Å². The van der Waals surface area contributed by atoms with Gasteiger partial charge in [0.2, 0.25) is 5.95 Å². The second-order valence-electron chi connectivity index (χ2n) is 8.96. The Morgan fingerprint density at radius 3 is 2.73 bits per heavy atom. The van der Waals surface area contributed by atoms with Crippen molar-refractivity contribution in [2.45, 2.75) is 45.6 Å². The van der Waals surface area contributed by atoms with E-state index in [1.165, 1.54) is 17.4 Å². The highest BCUT2D eigenvalue weighted by Gasteiger charge is 2.36. The number of amides is 1. The van der Waals surface area contributed by atoms with E-state index in [2.05, 4.69) is 25.3 Å². The van der Waals surface area contributed by atoms with Gasteiger partial charge in [0.15, 0.2) is 11.3 Å². The number of thiazole rings is 1. The van der Waals surface area contributed by atoms with Crippen LogP contribution in [0, 0.1) is 24.6 Å². The number of carbonyl (C=O) groups excluding carboxylic acids is 2. The highest BCUT2D eigenvalue weighted by Crippen LogP contribution is 2.32. The summed E-state index contributed by atoms with van der Waals surface area (Å²) in [5.41, 5.74) is 1.41. The molecule has 3 aromatic heterocycles. The van der Waals surface area contributed by atoms with Gasteiger partial charge in [-0.3, -0.25) is 14.6 Å². The highest BCUT2D eigenvalue weighted by atomic mass is 32.1. The van der Waals surface area contributed by atoms with Crippen molar-refractivity contribution in [2.75, 3.05) is 18.4 Å². The number of nitrogens with zero attached hydrogens (tertiary/aromatic N) is 5. The monoisotopic (exact) mass is 468 g/mol. The fourth-order valence-electron chi connectivity index (χ4n) is 4.28. The summed E-state index contributed by atoms with van der Waals surface area (Å²) in [6, 6.07) is 1.08. The summed E-state index contributed by atoms with van der Waals surface area (Å²) in [7, 11) is 0. The fraction of sp³-hybridized carbons (Fsp3) is 0.478. The van der Waals surface area contributed by atoms with Gasteiger partial charge in [0.1, 0.15) is 16.3 Å². The molecule has 1 amide bonds. The first kappa shape index (κ1) is 21.8. The van der Waals surface area contributed by atoms with Gasteiger partial charge in [0, 0.05) is 37.5 Å². The van der Waals surface area contributed by atoms with E-state index in [-0.39, 0.29) is 29.7 Å². The molecule has 1 saturated carbocycles. The van der Waals surface area contributed by atoms with Crippen molar-refractivity contribution in [1.29, 1.82) is 0 Å². The number of halogens is 1. The van der Waals surface area contributed by atoms with Crippen LogP contribution >= 0.6 is 11.3 Å². The molecule has 3 aromatic rings. The Hall–Kier alpha value is -3.01. The molecule has 1 atom stereocenters. The number of hydrogen-bond acceptors (Lipinski definition) is 8. The molecule has 0 radical (unpaired) electrons. The maximum Gasteiger partial charge on any atom is 0.274 e. The lowest BCUT2D eigenvalue weighted by atomic mass is 9.78. The topological polar surface area (TPSA) is 101 Å². The van der Waals surface area contributed by atoms with Crippen molar-refractivity contribution >= 4 is 39.3 Å². The van der Waals surface area contributed by atoms with E-state index in [9.17, 15) is 14.0 Å². The van der Waals surface area contributed by atoms with E-state index >= 15 is 0 Å². The minimum atomic E-state index is -0.424. The molecule has 33 heavy (non-hydrogen) atoms. The van der Waals surface area contributed by atoms with Crippen LogP contribution in [0.1, 0.15) is 59.7 Å². The van der Waals surface area contributed by atoms with Crippen molar-refractivity contribution in [3.8, 4) is 0 Å². The van der Waals surface area contributed by atoms with Crippen LogP contribution in [-0.2, 0) is 4.79 Å². The number of carbonyl (C=O) groups is 2. The number of nitrogens with one attached hydrogen (secondary N) is 1. The highest BCUT2D eigenvalue weighted by molar-refractivity contribution is 7.18. The summed E-state index contributed by atoms with van der Waals surface area (Å²) < 4.78 is 14.2. The van der Waals surface area contributed by atoms with E-state index in [0.717, 1.165) is 30.5 Å². The van der Waals surface area contributed by atoms with Gasteiger partial charge >= 0.3 is 0 Å². The predicted molar refractivity (Wildman–Crippen MR) is 123 cm³/mol. The Balaban J connectivity index is 1.33. The lowest BCUT2D eigenvalue weighted by Gasteiger charge is -2.39. The molecule has 4 heterocycles. The van der Waals surface area contributed by atoms with Crippen LogP contribution in [0.4, 0.5) is 10.3 Å². The average molecular weight is 469 g/mol. The molecule has 0 bridgehead atoms. The molecule has 5 rings (SSSR count). The first-order chi connectivity index (χ1) is 15.9. The van der Waals surface area contributed by atoms with Crippen molar-refractivity contribution in [3.05, 3.63) is 40.5 Å². The maximum atomic E-state index is 13.6. The molecule has 10 heteroatoms. The van der Waals surface area contributed by atoms with Gasteiger partial charge in [-0.05, 0) is 38.3 Å². The number of hydrogen-bond donors (Lipinski definition) is 1. The van der Waals surface area contributed by atoms with Gasteiger partial charge in [-0.25, -0.2) is 14.4 Å². The van der Waals surface area contributed by atoms with Gasteiger partial charge in [-0.2, -0.15) is 4.98 Å². The molecule has 1 aliphatic carbocycles. The number of anilines is 1. The first-order valence-electron chi connectivity index (χ1n) is 11.2. The number of ketones is 1. The van der Waals surface area contributed by atoms with E-state index < -0.39 is 5.82 Å². The Morgan fingerprint density at radius 2 is 2.03 bits per heavy atom. The number of aromatic nitrogens is 4. The Morgan fingerprint density at radius 1 is 1.24 bits per heavy atom. The third-order valence-electron chi connectivity index (χ3n) is 6.43. The van der Waals surface area contributed by atoms with Crippen molar-refractivity contribution in [3.63, 3.8) is 0 Å². The molecule has 0 unspecified atom stereocenters. The lowest BCUT2D eigenvalue weighted by Crippen LogP contribution is -2.51. The van der Waals surface area contributed by atoms with Crippen LogP contribution in [0.25, 0.3) is 10.3 Å². The molecular formula is C23H25FN6O2S. The molecule has 2 fully saturated rings. The average Bonchev–Trinajstić information content (AvgIpc) is 3.08. The van der Waals surface area contributed by atoms with E-state index in [4.69, 9.17) is 0 Å². The zero-order valence-electron chi connectivity index (χ0n) is 18.5. The summed E-state index contributed by atoms with van der Waals surface area (Å²) in [5.74, 6) is 0.451. The number of fused-ring (bicyclic) bond motifs is 1. The molecular weight excluding hydrogens is 443 g/mol. The summed E-state index contributed by atoms with van der Waals surface area (Å²) in [6.45, 7) is 4.83. The molecule has 172 valence electrons. The van der Waals surface area contributed by atoms with Crippen LogP contribution in [-0.4, -0.2) is 49.6 Å². The molecule has 0 aromatic carbocycles. The van der Waals surface area contributed by atoms with Gasteiger partial charge in [0.05, 0.1) is 17.2 Å². The summed E-state index contributed by atoms with van der Waals surface area (Å²) in [5, 5.41) is 3.93. The standard InChI is InChI=1S/C23H25FN6O2S/c1-12(16-7-17(24)9-25-8-16)26-23-28-19(20-21(29-23)27-13(2)33-20)22(32)30-10-14(11-30)6-18(31)15-4-3-5-15/h7-9,12,14-15H,3-6,10-11H2,1-2H3,(H,26,28,29)/t12-/m0/s1. The van der Waals surface area contributed by atoms with Crippen LogP contribution in [0.15, 0.2) is 18.5 Å². The smallest absolute Gasteiger partial charge is 0.274 e. The number of rotatable bonds is 7. The van der Waals surface area contributed by atoms with Crippen molar-refractivity contribution < 1.29 is 14.0 Å². The Bertz CT molecular complexity index is 1220. The number of pyridine rings is 1. The molecule has 1 aliphatic heterocycles. The molecule has 1 N–H and O–H groups in total. The first-order valence-corrected chi connectivity index (χ1v) is 12.0. The molecule has 2 aliphatic rings. The second-order valence-corrected chi connectivity index (χ2v) is 10.2. The number of Topliss-reactive ketones (excluding diaryl/α,β-unsaturated/α-hetero) is 1. The lowest BCUT2D eigenvalue weighted by molar-refractivity contribution is -0.127. The largest absolute Gasteiger partial charge is 0.348 e. The summed E-state index contributed by atoms with van der Waals surface area (Å²) in [6.07, 6.45) is 6.44. The second kappa shape index (κ2) is 8.74. The Labute approximate surface area is 194 Å². The van der Waals surface area contributed by atoms with Crippen LogP contribution < -0.4 is 5.32 Å². The SMILES string of the molecule is Cc1nc2nc(N[C@@H](C)c3cncc(F)c3)nc(C(=O)N3CC(CC(=O)C4CCC4)C3)c2s1. The van der Waals surface area contributed by atoms with E-state index in [0.29, 0.717) is 46.9 Å². The van der Waals surface area contributed by atoms with Crippen molar-refractivity contribution in [2.24, 2.45) is 11.8 Å². The van der Waals surface area contributed by atoms with Gasteiger partial charge in [-0.15, -0.1) is 11.3 Å². The van der Waals surface area contributed by atoms with Gasteiger partial charge < -0.3 is 10.2 Å². The molecule has 1 saturated heterocycles. The number of likely N-dealkylation sites (tertiary alicyclic amines) is 1. The van der Waals surface area contributed by atoms with Gasteiger partial charge in [0.25, 0.3) is 5.91 Å². The fourth-order valence-corrected chi connectivity index (χ4v) is 5.12. The maximum absolute atomic E-state index is 13.6. The summed E-state index contributed by atoms with van der Waals surface area (Å²) in [4.78, 5) is 44.6. The third-order valence-corrected chi connectivity index (χ3v) is 7.40. The molecule has 8 nitrogen and oxygen atoms in total. The van der Waals surface area contributed by atoms with Gasteiger partial charge in [-0.1, -0.05) is 6.42 Å². The molecule has 0 spiro atoms. The van der Waals surface area contributed by atoms with Crippen LogP contribution in [0.2, 0.25) is 0 Å². The van der Waals surface area contributed by atoms with E-state index in [1.54, 1.807) is 11.1 Å². The summed E-state index contributed by atoms with van der Waals surface area (Å²) >= 11 is 1.39. The minimum Gasteiger partial charge on any atom is -0.348 e. The van der Waals surface area contributed by atoms with Crippen LogP contribution in [0.3, 0.4) is 0 Å². The normalized spacial score (nSPS) is 17.5. The predicted octanol–water partition coefficient (Wildman–Crippen LogP) is 3.93. The Kier molecular flexibility index (Phi) is 5.77. The van der Waals surface area contributed by atoms with Crippen LogP contribution in [0.5, 0.6) is 0 Å².